The highest BCUT2D eigenvalue weighted by atomic mass is 19.4. The number of hydrogen-bond acceptors (Lipinski definition) is 5. The summed E-state index contributed by atoms with van der Waals surface area (Å²) in [7, 11) is 1.10. The third kappa shape index (κ3) is 3.77. The van der Waals surface area contributed by atoms with E-state index in [9.17, 15) is 28.1 Å². The number of ether oxygens (including phenoxy) is 2. The lowest BCUT2D eigenvalue weighted by atomic mass is 10.0. The number of nitro benzene ring substituents is 1. The van der Waals surface area contributed by atoms with Crippen LogP contribution in [-0.2, 0) is 6.42 Å². The Hall–Kier alpha value is -2.52. The molecule has 0 saturated carbocycles. The molecule has 22 heavy (non-hydrogen) atoms. The van der Waals surface area contributed by atoms with E-state index in [1.807, 2.05) is 0 Å². The van der Waals surface area contributed by atoms with Crippen LogP contribution in [-0.4, -0.2) is 35.9 Å². The second-order valence-corrected chi connectivity index (χ2v) is 4.10. The van der Waals surface area contributed by atoms with Gasteiger partial charge in [-0.3, -0.25) is 10.1 Å². The lowest BCUT2D eigenvalue weighted by Gasteiger charge is -2.16. The average molecular weight is 323 g/mol. The number of aromatic carboxylic acids is 1. The van der Waals surface area contributed by atoms with E-state index in [1.54, 1.807) is 0 Å². The van der Waals surface area contributed by atoms with Gasteiger partial charge in [0.15, 0.2) is 18.1 Å². The maximum Gasteiger partial charge on any atom is 0.422 e. The van der Waals surface area contributed by atoms with Crippen LogP contribution in [0.4, 0.5) is 18.9 Å². The molecular weight excluding hydrogens is 311 g/mol. The summed E-state index contributed by atoms with van der Waals surface area (Å²) in [5.41, 5.74) is -1.60. The number of carbonyl (C=O) groups is 1. The first-order valence-corrected chi connectivity index (χ1v) is 5.93. The van der Waals surface area contributed by atoms with Crippen LogP contribution >= 0.6 is 0 Å². The summed E-state index contributed by atoms with van der Waals surface area (Å²) in [5.74, 6) is -2.38. The van der Waals surface area contributed by atoms with Crippen LogP contribution in [0.15, 0.2) is 6.07 Å². The summed E-state index contributed by atoms with van der Waals surface area (Å²) in [4.78, 5) is 21.2. The number of rotatable bonds is 6. The normalized spacial score (nSPS) is 11.1. The Morgan fingerprint density at radius 2 is 2.05 bits per heavy atom. The molecule has 1 aromatic rings. The van der Waals surface area contributed by atoms with E-state index < -0.39 is 40.7 Å². The molecular formula is C12H12F3NO6. The summed E-state index contributed by atoms with van der Waals surface area (Å²) in [5, 5.41) is 20.1. The number of nitro groups is 1. The molecule has 0 heterocycles. The van der Waals surface area contributed by atoms with Crippen LogP contribution < -0.4 is 9.47 Å². The Morgan fingerprint density at radius 1 is 1.45 bits per heavy atom. The molecule has 0 radical (unpaired) electrons. The van der Waals surface area contributed by atoms with Gasteiger partial charge < -0.3 is 14.6 Å². The molecule has 0 fully saturated rings. The number of carboxylic acids is 1. The number of benzene rings is 1. The lowest BCUT2D eigenvalue weighted by molar-refractivity contribution is -0.385. The van der Waals surface area contributed by atoms with Crippen LogP contribution in [0.1, 0.15) is 22.8 Å². The molecule has 0 unspecified atom stereocenters. The smallest absolute Gasteiger partial charge is 0.422 e. The van der Waals surface area contributed by atoms with Gasteiger partial charge in [-0.25, -0.2) is 4.79 Å². The molecule has 0 aliphatic carbocycles. The number of halogens is 3. The van der Waals surface area contributed by atoms with E-state index in [0.29, 0.717) is 6.07 Å². The summed E-state index contributed by atoms with van der Waals surface area (Å²) in [6, 6.07) is 0.618. The SMILES string of the molecule is CCc1c(OC)c(OCC(F)(F)F)cc([N+](=O)[O-])c1C(=O)O. The minimum atomic E-state index is -4.66. The monoisotopic (exact) mass is 323 g/mol. The lowest BCUT2D eigenvalue weighted by Crippen LogP contribution is -2.20. The Labute approximate surface area is 122 Å². The van der Waals surface area contributed by atoms with Crippen molar-refractivity contribution in [3.05, 3.63) is 27.3 Å². The van der Waals surface area contributed by atoms with Gasteiger partial charge in [0.25, 0.3) is 5.69 Å². The Morgan fingerprint density at radius 3 is 2.41 bits per heavy atom. The van der Waals surface area contributed by atoms with Crippen molar-refractivity contribution in [2.24, 2.45) is 0 Å². The fourth-order valence-electron chi connectivity index (χ4n) is 1.89. The number of alkyl halides is 3. The zero-order valence-corrected chi connectivity index (χ0v) is 11.6. The van der Waals surface area contributed by atoms with Gasteiger partial charge >= 0.3 is 12.1 Å². The van der Waals surface area contributed by atoms with E-state index in [4.69, 9.17) is 9.84 Å². The molecule has 1 N–H and O–H groups in total. The molecule has 0 bridgehead atoms. The zero-order chi connectivity index (χ0) is 17.1. The van der Waals surface area contributed by atoms with Crippen molar-refractivity contribution in [1.82, 2.24) is 0 Å². The van der Waals surface area contributed by atoms with Gasteiger partial charge in [0.05, 0.1) is 18.1 Å². The van der Waals surface area contributed by atoms with E-state index in [1.165, 1.54) is 6.92 Å². The van der Waals surface area contributed by atoms with Crippen LogP contribution in [0.3, 0.4) is 0 Å². The van der Waals surface area contributed by atoms with E-state index in [2.05, 4.69) is 4.74 Å². The van der Waals surface area contributed by atoms with E-state index in [-0.39, 0.29) is 17.7 Å². The van der Waals surface area contributed by atoms with Crippen molar-refractivity contribution < 1.29 is 37.5 Å². The molecule has 0 saturated heterocycles. The Kier molecular flexibility index (Phi) is 5.18. The topological polar surface area (TPSA) is 98.9 Å². The van der Waals surface area contributed by atoms with Crippen LogP contribution in [0.2, 0.25) is 0 Å². The van der Waals surface area contributed by atoms with Gasteiger partial charge in [0.1, 0.15) is 5.56 Å². The quantitative estimate of drug-likeness (QED) is 0.638. The molecule has 0 spiro atoms. The van der Waals surface area contributed by atoms with Gasteiger partial charge in [-0.1, -0.05) is 6.92 Å². The van der Waals surface area contributed by atoms with Crippen molar-refractivity contribution in [3.63, 3.8) is 0 Å². The molecule has 1 rings (SSSR count). The van der Waals surface area contributed by atoms with Crippen molar-refractivity contribution in [2.45, 2.75) is 19.5 Å². The predicted molar refractivity (Wildman–Crippen MR) is 67.5 cm³/mol. The highest BCUT2D eigenvalue weighted by Gasteiger charge is 2.33. The van der Waals surface area contributed by atoms with Crippen LogP contribution in [0.25, 0.3) is 0 Å². The number of nitrogens with zero attached hydrogens (tertiary/aromatic N) is 1. The molecule has 0 atom stereocenters. The largest absolute Gasteiger partial charge is 0.493 e. The van der Waals surface area contributed by atoms with Gasteiger partial charge in [-0.15, -0.1) is 0 Å². The van der Waals surface area contributed by atoms with Crippen molar-refractivity contribution in [3.8, 4) is 11.5 Å². The third-order valence-electron chi connectivity index (χ3n) is 2.68. The maximum absolute atomic E-state index is 12.2. The van der Waals surface area contributed by atoms with Gasteiger partial charge in [0.2, 0.25) is 0 Å². The maximum atomic E-state index is 12.2. The Bertz CT molecular complexity index is 600. The van der Waals surface area contributed by atoms with Crippen LogP contribution in [0, 0.1) is 10.1 Å². The molecule has 10 heteroatoms. The minimum absolute atomic E-state index is 0.00509. The minimum Gasteiger partial charge on any atom is -0.493 e. The fourth-order valence-corrected chi connectivity index (χ4v) is 1.89. The third-order valence-corrected chi connectivity index (χ3v) is 2.68. The molecule has 0 aliphatic heterocycles. The molecule has 0 aromatic heterocycles. The van der Waals surface area contributed by atoms with Gasteiger partial charge in [0, 0.05) is 5.56 Å². The van der Waals surface area contributed by atoms with Crippen molar-refractivity contribution in [1.29, 1.82) is 0 Å². The molecule has 0 aliphatic rings. The Balaban J connectivity index is 3.54. The molecule has 7 nitrogen and oxygen atoms in total. The first-order chi connectivity index (χ1) is 10.1. The summed E-state index contributed by atoms with van der Waals surface area (Å²) >= 11 is 0. The fraction of sp³-hybridized carbons (Fsp3) is 0.417. The van der Waals surface area contributed by atoms with Gasteiger partial charge in [-0.05, 0) is 6.42 Å². The number of methoxy groups -OCH3 is 1. The summed E-state index contributed by atoms with van der Waals surface area (Å²) in [6.07, 6.45) is -4.66. The highest BCUT2D eigenvalue weighted by molar-refractivity contribution is 5.95. The number of carboxylic acid groups (broad SMARTS) is 1. The molecule has 0 amide bonds. The number of hydrogen-bond donors (Lipinski definition) is 1. The van der Waals surface area contributed by atoms with Crippen LogP contribution in [0.5, 0.6) is 11.5 Å². The molecule has 1 aromatic carbocycles. The summed E-state index contributed by atoms with van der Waals surface area (Å²) < 4.78 is 46.1. The highest BCUT2D eigenvalue weighted by Crippen LogP contribution is 2.40. The van der Waals surface area contributed by atoms with Crippen molar-refractivity contribution >= 4 is 11.7 Å². The summed E-state index contributed by atoms with van der Waals surface area (Å²) in [6.45, 7) is -0.197. The van der Waals surface area contributed by atoms with E-state index >= 15 is 0 Å². The van der Waals surface area contributed by atoms with Crippen molar-refractivity contribution in [2.75, 3.05) is 13.7 Å². The first kappa shape index (κ1) is 17.5. The molecule has 122 valence electrons. The average Bonchev–Trinajstić information content (AvgIpc) is 2.41. The standard InChI is InChI=1S/C12H12F3NO6/c1-3-6-9(11(17)18)7(16(19)20)4-8(10(6)21-2)22-5-12(13,14)15/h4H,3,5H2,1-2H3,(H,17,18). The second-order valence-electron chi connectivity index (χ2n) is 4.10. The predicted octanol–water partition coefficient (Wildman–Crippen LogP) is 2.81. The van der Waals surface area contributed by atoms with E-state index in [0.717, 1.165) is 7.11 Å². The zero-order valence-electron chi connectivity index (χ0n) is 11.6. The first-order valence-electron chi connectivity index (χ1n) is 5.93. The second kappa shape index (κ2) is 6.50. The van der Waals surface area contributed by atoms with Gasteiger partial charge in [-0.2, -0.15) is 13.2 Å².